The minimum Gasteiger partial charge on any atom is -0.481 e. The molecule has 4 nitrogen and oxygen atoms in total. The third kappa shape index (κ3) is 4.09. The van der Waals surface area contributed by atoms with Gasteiger partial charge in [-0.25, -0.2) is 0 Å². The van der Waals surface area contributed by atoms with Crippen molar-refractivity contribution in [2.45, 2.75) is 19.3 Å². The monoisotopic (exact) mass is 317 g/mol. The second kappa shape index (κ2) is 7.09. The molecule has 0 heterocycles. The smallest absolute Gasteiger partial charge is 0.311 e. The molecule has 0 aliphatic rings. The van der Waals surface area contributed by atoms with Gasteiger partial charge in [-0.2, -0.15) is 0 Å². The SMILES string of the molecule is Cc1ccc(NC(=O)C[C@H](C(=O)O)c2ccccc2)c(Cl)c1. The summed E-state index contributed by atoms with van der Waals surface area (Å²) in [4.78, 5) is 23.5. The van der Waals surface area contributed by atoms with Crippen LogP contribution in [0.5, 0.6) is 0 Å². The van der Waals surface area contributed by atoms with Gasteiger partial charge in [0.15, 0.2) is 0 Å². The molecule has 114 valence electrons. The molecule has 1 atom stereocenters. The number of benzene rings is 2. The maximum absolute atomic E-state index is 12.1. The van der Waals surface area contributed by atoms with Crippen LogP contribution in [0.1, 0.15) is 23.5 Å². The summed E-state index contributed by atoms with van der Waals surface area (Å²) in [6.45, 7) is 1.90. The zero-order valence-corrected chi connectivity index (χ0v) is 12.8. The van der Waals surface area contributed by atoms with Crippen LogP contribution in [0.25, 0.3) is 0 Å². The highest BCUT2D eigenvalue weighted by Gasteiger charge is 2.23. The molecule has 0 radical (unpaired) electrons. The van der Waals surface area contributed by atoms with Crippen LogP contribution in [0.3, 0.4) is 0 Å². The van der Waals surface area contributed by atoms with E-state index in [1.165, 1.54) is 0 Å². The Labute approximate surface area is 133 Å². The van der Waals surface area contributed by atoms with E-state index in [1.807, 2.05) is 13.0 Å². The minimum absolute atomic E-state index is 0.149. The van der Waals surface area contributed by atoms with Gasteiger partial charge in [-0.15, -0.1) is 0 Å². The van der Waals surface area contributed by atoms with Gasteiger partial charge in [-0.1, -0.05) is 48.0 Å². The summed E-state index contributed by atoms with van der Waals surface area (Å²) in [5, 5.41) is 12.4. The molecule has 0 spiro atoms. The summed E-state index contributed by atoms with van der Waals surface area (Å²) in [5.41, 5.74) is 2.06. The van der Waals surface area contributed by atoms with E-state index in [1.54, 1.807) is 42.5 Å². The molecule has 2 aromatic carbocycles. The van der Waals surface area contributed by atoms with Crippen molar-refractivity contribution in [1.82, 2.24) is 0 Å². The van der Waals surface area contributed by atoms with Crippen LogP contribution in [0, 0.1) is 6.92 Å². The zero-order valence-electron chi connectivity index (χ0n) is 12.0. The highest BCUT2D eigenvalue weighted by atomic mass is 35.5. The van der Waals surface area contributed by atoms with Gasteiger partial charge in [0.05, 0.1) is 16.6 Å². The van der Waals surface area contributed by atoms with Gasteiger partial charge in [-0.3, -0.25) is 9.59 Å². The first-order valence-electron chi connectivity index (χ1n) is 6.81. The van der Waals surface area contributed by atoms with E-state index in [2.05, 4.69) is 5.32 Å². The quantitative estimate of drug-likeness (QED) is 0.880. The van der Waals surface area contributed by atoms with E-state index in [4.69, 9.17) is 11.6 Å². The molecule has 0 unspecified atom stereocenters. The Morgan fingerprint density at radius 3 is 2.45 bits per heavy atom. The third-order valence-electron chi connectivity index (χ3n) is 3.29. The number of carbonyl (C=O) groups is 2. The maximum atomic E-state index is 12.1. The lowest BCUT2D eigenvalue weighted by molar-refractivity contribution is -0.140. The van der Waals surface area contributed by atoms with Crippen molar-refractivity contribution in [3.63, 3.8) is 0 Å². The number of aryl methyl sites for hydroxylation is 1. The molecule has 5 heteroatoms. The third-order valence-corrected chi connectivity index (χ3v) is 3.60. The van der Waals surface area contributed by atoms with E-state index >= 15 is 0 Å². The van der Waals surface area contributed by atoms with E-state index in [9.17, 15) is 14.7 Å². The van der Waals surface area contributed by atoms with E-state index in [-0.39, 0.29) is 12.3 Å². The van der Waals surface area contributed by atoms with Gasteiger partial charge in [-0.05, 0) is 30.2 Å². The lowest BCUT2D eigenvalue weighted by atomic mass is 9.95. The van der Waals surface area contributed by atoms with Crippen molar-refractivity contribution >= 4 is 29.2 Å². The van der Waals surface area contributed by atoms with Crippen molar-refractivity contribution in [2.75, 3.05) is 5.32 Å². The Kier molecular flexibility index (Phi) is 5.17. The first-order valence-corrected chi connectivity index (χ1v) is 7.19. The summed E-state index contributed by atoms with van der Waals surface area (Å²) in [6, 6.07) is 14.0. The summed E-state index contributed by atoms with van der Waals surface area (Å²) in [7, 11) is 0. The van der Waals surface area contributed by atoms with Crippen LogP contribution in [-0.2, 0) is 9.59 Å². The van der Waals surface area contributed by atoms with Gasteiger partial charge in [0.1, 0.15) is 0 Å². The highest BCUT2D eigenvalue weighted by molar-refractivity contribution is 6.33. The molecule has 2 N–H and O–H groups in total. The number of carboxylic acids is 1. The van der Waals surface area contributed by atoms with Crippen molar-refractivity contribution < 1.29 is 14.7 Å². The summed E-state index contributed by atoms with van der Waals surface area (Å²) in [5.74, 6) is -2.30. The number of halogens is 1. The van der Waals surface area contributed by atoms with Crippen LogP contribution in [0.2, 0.25) is 5.02 Å². The van der Waals surface area contributed by atoms with E-state index < -0.39 is 11.9 Å². The Balaban J connectivity index is 2.10. The molecule has 0 bridgehead atoms. The maximum Gasteiger partial charge on any atom is 0.311 e. The molecular formula is C17H16ClNO3. The zero-order chi connectivity index (χ0) is 16.1. The van der Waals surface area contributed by atoms with Gasteiger partial charge in [0, 0.05) is 6.42 Å². The lowest BCUT2D eigenvalue weighted by Crippen LogP contribution is -2.21. The average molecular weight is 318 g/mol. The molecule has 1 amide bonds. The van der Waals surface area contributed by atoms with Crippen molar-refractivity contribution in [3.8, 4) is 0 Å². The van der Waals surface area contributed by atoms with Crippen LogP contribution < -0.4 is 5.32 Å². The summed E-state index contributed by atoms with van der Waals surface area (Å²) >= 11 is 6.06. The molecular weight excluding hydrogens is 302 g/mol. The van der Waals surface area contributed by atoms with Crippen LogP contribution in [0.15, 0.2) is 48.5 Å². The van der Waals surface area contributed by atoms with Crippen LogP contribution in [-0.4, -0.2) is 17.0 Å². The summed E-state index contributed by atoms with van der Waals surface area (Å²) in [6.07, 6.45) is -0.149. The molecule has 0 saturated heterocycles. The number of carboxylic acid groups (broad SMARTS) is 1. The molecule has 2 aromatic rings. The van der Waals surface area contributed by atoms with Crippen molar-refractivity contribution in [2.24, 2.45) is 0 Å². The fourth-order valence-electron chi connectivity index (χ4n) is 2.14. The Morgan fingerprint density at radius 1 is 1.18 bits per heavy atom. The van der Waals surface area contributed by atoms with Gasteiger partial charge in [0.2, 0.25) is 5.91 Å². The standard InChI is InChI=1S/C17H16ClNO3/c1-11-7-8-15(14(18)9-11)19-16(20)10-13(17(21)22)12-5-3-2-4-6-12/h2-9,13H,10H2,1H3,(H,19,20)(H,21,22)/t13-/m0/s1. The normalized spacial score (nSPS) is 11.7. The highest BCUT2D eigenvalue weighted by Crippen LogP contribution is 2.25. The van der Waals surface area contributed by atoms with Gasteiger partial charge in [0.25, 0.3) is 0 Å². The Morgan fingerprint density at radius 2 is 1.86 bits per heavy atom. The second-order valence-corrected chi connectivity index (χ2v) is 5.44. The van der Waals surface area contributed by atoms with Crippen molar-refractivity contribution in [1.29, 1.82) is 0 Å². The number of amides is 1. The van der Waals surface area contributed by atoms with Crippen LogP contribution >= 0.6 is 11.6 Å². The predicted molar refractivity (Wildman–Crippen MR) is 86.3 cm³/mol. The molecule has 0 aliphatic heterocycles. The first-order chi connectivity index (χ1) is 10.5. The number of nitrogens with one attached hydrogen (secondary N) is 1. The second-order valence-electron chi connectivity index (χ2n) is 5.04. The van der Waals surface area contributed by atoms with E-state index in [0.717, 1.165) is 5.56 Å². The largest absolute Gasteiger partial charge is 0.481 e. The molecule has 2 rings (SSSR count). The fourth-order valence-corrected chi connectivity index (χ4v) is 2.42. The number of rotatable bonds is 5. The Bertz CT molecular complexity index is 686. The number of aliphatic carboxylic acids is 1. The molecule has 0 fully saturated rings. The van der Waals surface area contributed by atoms with Crippen LogP contribution in [0.4, 0.5) is 5.69 Å². The van der Waals surface area contributed by atoms with Gasteiger partial charge < -0.3 is 10.4 Å². The summed E-state index contributed by atoms with van der Waals surface area (Å²) < 4.78 is 0. The molecule has 0 saturated carbocycles. The number of hydrogen-bond donors (Lipinski definition) is 2. The molecule has 0 aromatic heterocycles. The number of hydrogen-bond acceptors (Lipinski definition) is 2. The minimum atomic E-state index is -1.03. The first kappa shape index (κ1) is 16.0. The fraction of sp³-hybridized carbons (Fsp3) is 0.176. The molecule has 22 heavy (non-hydrogen) atoms. The average Bonchev–Trinajstić information content (AvgIpc) is 2.48. The van der Waals surface area contributed by atoms with E-state index in [0.29, 0.717) is 16.3 Å². The number of carbonyl (C=O) groups excluding carboxylic acids is 1. The predicted octanol–water partition coefficient (Wildman–Crippen LogP) is 3.85. The molecule has 0 aliphatic carbocycles. The lowest BCUT2D eigenvalue weighted by Gasteiger charge is -2.13. The topological polar surface area (TPSA) is 66.4 Å². The van der Waals surface area contributed by atoms with Crippen molar-refractivity contribution in [3.05, 3.63) is 64.7 Å². The Hall–Kier alpha value is -2.33. The van der Waals surface area contributed by atoms with Gasteiger partial charge >= 0.3 is 5.97 Å². The number of anilines is 1.